The van der Waals surface area contributed by atoms with E-state index < -0.39 is 0 Å². The molecule has 4 rings (SSSR count). The molecule has 1 fully saturated rings. The lowest BCUT2D eigenvalue weighted by Crippen LogP contribution is -2.49. The van der Waals surface area contributed by atoms with E-state index in [9.17, 15) is 9.59 Å². The maximum atomic E-state index is 12.7. The Morgan fingerprint density at radius 1 is 0.900 bits per heavy atom. The Morgan fingerprint density at radius 3 is 2.40 bits per heavy atom. The smallest absolute Gasteiger partial charge is 0.238 e. The minimum atomic E-state index is -0.0561. The first-order valence-electron chi connectivity index (χ1n) is 10.5. The van der Waals surface area contributed by atoms with Crippen LogP contribution in [0.3, 0.4) is 0 Å². The summed E-state index contributed by atoms with van der Waals surface area (Å²) >= 11 is 6.10. The molecule has 0 spiro atoms. The van der Waals surface area contributed by atoms with Crippen LogP contribution in [0.25, 0.3) is 0 Å². The Labute approximate surface area is 182 Å². The van der Waals surface area contributed by atoms with Gasteiger partial charge >= 0.3 is 0 Å². The van der Waals surface area contributed by atoms with Crippen LogP contribution in [0.15, 0.2) is 48.5 Å². The van der Waals surface area contributed by atoms with Crippen LogP contribution in [0.1, 0.15) is 12.0 Å². The summed E-state index contributed by atoms with van der Waals surface area (Å²) in [6.07, 6.45) is 1.47. The van der Waals surface area contributed by atoms with E-state index in [0.29, 0.717) is 23.7 Å². The molecule has 158 valence electrons. The first kappa shape index (κ1) is 20.8. The molecular formula is C23H27ClN4O2. The highest BCUT2D eigenvalue weighted by molar-refractivity contribution is 6.33. The second-order valence-corrected chi connectivity index (χ2v) is 8.23. The van der Waals surface area contributed by atoms with Crippen molar-refractivity contribution in [2.75, 3.05) is 56.0 Å². The summed E-state index contributed by atoms with van der Waals surface area (Å²) in [4.78, 5) is 31.4. The number of hydrogen-bond donors (Lipinski definition) is 1. The van der Waals surface area contributed by atoms with Gasteiger partial charge < -0.3 is 15.1 Å². The van der Waals surface area contributed by atoms with Crippen LogP contribution in [0.5, 0.6) is 0 Å². The standard InChI is InChI=1S/C23H27ClN4O2/c24-19-6-2-3-7-20(19)25-22(29)17-27-15-13-26(14-16-27)11-10-23(30)28-12-9-18-5-1-4-8-21(18)28/h1-8H,9-17H2,(H,25,29). The number of carbonyl (C=O) groups excluding carboxylic acids is 2. The van der Waals surface area contributed by atoms with Gasteiger partial charge in [-0.1, -0.05) is 41.9 Å². The quantitative estimate of drug-likeness (QED) is 0.771. The fraction of sp³-hybridized carbons (Fsp3) is 0.391. The van der Waals surface area contributed by atoms with E-state index in [1.807, 2.05) is 35.2 Å². The predicted octanol–water partition coefficient (Wildman–Crippen LogP) is 2.88. The van der Waals surface area contributed by atoms with Gasteiger partial charge in [-0.25, -0.2) is 0 Å². The topological polar surface area (TPSA) is 55.9 Å². The molecule has 6 nitrogen and oxygen atoms in total. The number of rotatable bonds is 6. The van der Waals surface area contributed by atoms with Gasteiger partial charge in [0.15, 0.2) is 0 Å². The molecule has 0 bridgehead atoms. The molecular weight excluding hydrogens is 400 g/mol. The number of benzene rings is 2. The third-order valence-electron chi connectivity index (χ3n) is 5.81. The maximum Gasteiger partial charge on any atom is 0.238 e. The SMILES string of the molecule is O=C(CN1CCN(CCC(=O)N2CCc3ccccc32)CC1)Nc1ccccc1Cl. The lowest BCUT2D eigenvalue weighted by Gasteiger charge is -2.34. The summed E-state index contributed by atoms with van der Waals surface area (Å²) < 4.78 is 0. The Morgan fingerprint density at radius 2 is 1.60 bits per heavy atom. The summed E-state index contributed by atoms with van der Waals surface area (Å²) in [5, 5.41) is 3.41. The van der Waals surface area contributed by atoms with E-state index in [2.05, 4.69) is 21.2 Å². The van der Waals surface area contributed by atoms with E-state index in [4.69, 9.17) is 11.6 Å². The highest BCUT2D eigenvalue weighted by Gasteiger charge is 2.25. The second-order valence-electron chi connectivity index (χ2n) is 7.82. The first-order valence-corrected chi connectivity index (χ1v) is 10.9. The van der Waals surface area contributed by atoms with Crippen LogP contribution >= 0.6 is 11.6 Å². The van der Waals surface area contributed by atoms with Crippen molar-refractivity contribution >= 4 is 34.8 Å². The van der Waals surface area contributed by atoms with Crippen LogP contribution in [-0.2, 0) is 16.0 Å². The molecule has 0 unspecified atom stereocenters. The third-order valence-corrected chi connectivity index (χ3v) is 6.14. The van der Waals surface area contributed by atoms with Gasteiger partial charge in [0, 0.05) is 51.4 Å². The molecule has 2 aromatic rings. The number of nitrogens with zero attached hydrogens (tertiary/aromatic N) is 3. The molecule has 30 heavy (non-hydrogen) atoms. The third kappa shape index (κ3) is 5.01. The van der Waals surface area contributed by atoms with Gasteiger partial charge in [-0.2, -0.15) is 0 Å². The Hall–Kier alpha value is -2.41. The highest BCUT2D eigenvalue weighted by Crippen LogP contribution is 2.28. The molecule has 0 saturated carbocycles. The molecule has 0 aliphatic carbocycles. The van der Waals surface area contributed by atoms with Gasteiger partial charge in [-0.05, 0) is 30.2 Å². The van der Waals surface area contributed by atoms with E-state index in [1.165, 1.54) is 5.56 Å². The number of halogens is 1. The maximum absolute atomic E-state index is 12.7. The molecule has 0 aromatic heterocycles. The van der Waals surface area contributed by atoms with E-state index >= 15 is 0 Å². The normalized spacial score (nSPS) is 17.0. The van der Waals surface area contributed by atoms with Crippen molar-refractivity contribution in [3.63, 3.8) is 0 Å². The number of para-hydroxylation sites is 2. The van der Waals surface area contributed by atoms with Crippen molar-refractivity contribution in [3.05, 3.63) is 59.1 Å². The molecule has 2 heterocycles. The number of amides is 2. The summed E-state index contributed by atoms with van der Waals surface area (Å²) in [5.74, 6) is 0.140. The van der Waals surface area contributed by atoms with E-state index in [-0.39, 0.29) is 11.8 Å². The lowest BCUT2D eigenvalue weighted by atomic mass is 10.2. The molecule has 7 heteroatoms. The molecule has 2 amide bonds. The average Bonchev–Trinajstić information content (AvgIpc) is 3.19. The van der Waals surface area contributed by atoms with Gasteiger partial charge in [-0.15, -0.1) is 0 Å². The molecule has 0 atom stereocenters. The lowest BCUT2D eigenvalue weighted by molar-refractivity contribution is -0.118. The Bertz CT molecular complexity index is 912. The van der Waals surface area contributed by atoms with Crippen molar-refractivity contribution in [2.45, 2.75) is 12.8 Å². The predicted molar refractivity (Wildman–Crippen MR) is 120 cm³/mol. The fourth-order valence-electron chi connectivity index (χ4n) is 4.11. The van der Waals surface area contributed by atoms with Crippen molar-refractivity contribution < 1.29 is 9.59 Å². The largest absolute Gasteiger partial charge is 0.324 e. The van der Waals surface area contributed by atoms with Gasteiger partial charge in [0.05, 0.1) is 17.3 Å². The number of fused-ring (bicyclic) bond motifs is 1. The zero-order valence-corrected chi connectivity index (χ0v) is 17.8. The van der Waals surface area contributed by atoms with Crippen LogP contribution in [0.4, 0.5) is 11.4 Å². The molecule has 1 saturated heterocycles. The number of nitrogens with one attached hydrogen (secondary N) is 1. The van der Waals surface area contributed by atoms with Gasteiger partial charge in [0.1, 0.15) is 0 Å². The molecule has 2 aliphatic heterocycles. The zero-order valence-electron chi connectivity index (χ0n) is 17.0. The first-order chi connectivity index (χ1) is 14.6. The number of piperazine rings is 1. The van der Waals surface area contributed by atoms with Gasteiger partial charge in [-0.3, -0.25) is 14.5 Å². The van der Waals surface area contributed by atoms with Crippen molar-refractivity contribution in [3.8, 4) is 0 Å². The second kappa shape index (κ2) is 9.60. The number of anilines is 2. The Balaban J connectivity index is 1.18. The van der Waals surface area contributed by atoms with Crippen molar-refractivity contribution in [1.29, 1.82) is 0 Å². The minimum absolute atomic E-state index is 0.0561. The van der Waals surface area contributed by atoms with Crippen LogP contribution in [-0.4, -0.2) is 67.4 Å². The molecule has 1 N–H and O–H groups in total. The summed E-state index contributed by atoms with van der Waals surface area (Å²) in [6, 6.07) is 15.4. The molecule has 2 aromatic carbocycles. The van der Waals surface area contributed by atoms with Crippen LogP contribution < -0.4 is 10.2 Å². The van der Waals surface area contributed by atoms with Crippen molar-refractivity contribution in [1.82, 2.24) is 9.80 Å². The summed E-state index contributed by atoms with van der Waals surface area (Å²) in [7, 11) is 0. The Kier molecular flexibility index (Phi) is 6.67. The highest BCUT2D eigenvalue weighted by atomic mass is 35.5. The van der Waals surface area contributed by atoms with E-state index in [1.54, 1.807) is 12.1 Å². The van der Waals surface area contributed by atoms with Gasteiger partial charge in [0.25, 0.3) is 0 Å². The molecule has 0 radical (unpaired) electrons. The fourth-order valence-corrected chi connectivity index (χ4v) is 4.30. The van der Waals surface area contributed by atoms with Crippen LogP contribution in [0.2, 0.25) is 5.02 Å². The minimum Gasteiger partial charge on any atom is -0.324 e. The van der Waals surface area contributed by atoms with Gasteiger partial charge in [0.2, 0.25) is 11.8 Å². The van der Waals surface area contributed by atoms with E-state index in [0.717, 1.165) is 51.4 Å². The monoisotopic (exact) mass is 426 g/mol. The number of hydrogen-bond acceptors (Lipinski definition) is 4. The molecule has 2 aliphatic rings. The van der Waals surface area contributed by atoms with Crippen LogP contribution in [0, 0.1) is 0 Å². The summed E-state index contributed by atoms with van der Waals surface area (Å²) in [6.45, 7) is 5.26. The van der Waals surface area contributed by atoms with Crippen molar-refractivity contribution in [2.24, 2.45) is 0 Å². The number of carbonyl (C=O) groups is 2. The summed E-state index contributed by atoms with van der Waals surface area (Å²) in [5.41, 5.74) is 2.97. The zero-order chi connectivity index (χ0) is 20.9. The average molecular weight is 427 g/mol.